The lowest BCUT2D eigenvalue weighted by molar-refractivity contribution is 0.0942. The third-order valence-corrected chi connectivity index (χ3v) is 2.21. The number of carbonyl (C=O) groups excluding carboxylic acids is 1. The summed E-state index contributed by atoms with van der Waals surface area (Å²) in [5.74, 6) is -0.268. The maximum absolute atomic E-state index is 11.7. The number of nitrogens with one attached hydrogen (secondary N) is 1. The largest absolute Gasteiger partial charge is 0.396 e. The van der Waals surface area contributed by atoms with E-state index in [1.54, 1.807) is 24.3 Å². The van der Waals surface area contributed by atoms with E-state index in [-0.39, 0.29) is 18.4 Å². The number of amides is 1. The third-order valence-electron chi connectivity index (χ3n) is 2.21. The molecule has 84 valence electrons. The summed E-state index contributed by atoms with van der Waals surface area (Å²) in [6, 6.07) is 8.61. The van der Waals surface area contributed by atoms with Crippen molar-refractivity contribution >= 4 is 5.91 Å². The first-order valence-corrected chi connectivity index (χ1v) is 5.07. The van der Waals surface area contributed by atoms with Crippen molar-refractivity contribution in [2.45, 2.75) is 6.92 Å². The van der Waals surface area contributed by atoms with Crippen LogP contribution in [0, 0.1) is 17.2 Å². The molecular weight excluding hydrogens is 204 g/mol. The molecule has 0 saturated carbocycles. The van der Waals surface area contributed by atoms with E-state index in [0.29, 0.717) is 17.7 Å². The summed E-state index contributed by atoms with van der Waals surface area (Å²) in [5, 5.41) is 20.3. The molecular formula is C12H14N2O2. The molecule has 1 aromatic carbocycles. The second-order valence-corrected chi connectivity index (χ2v) is 3.66. The van der Waals surface area contributed by atoms with Crippen molar-refractivity contribution in [3.8, 4) is 6.07 Å². The van der Waals surface area contributed by atoms with Gasteiger partial charge in [-0.1, -0.05) is 19.1 Å². The van der Waals surface area contributed by atoms with Crippen LogP contribution in [0.4, 0.5) is 0 Å². The van der Waals surface area contributed by atoms with Gasteiger partial charge in [-0.3, -0.25) is 4.79 Å². The van der Waals surface area contributed by atoms with Crippen LogP contribution >= 0.6 is 0 Å². The van der Waals surface area contributed by atoms with Gasteiger partial charge in [0.05, 0.1) is 17.2 Å². The van der Waals surface area contributed by atoms with Gasteiger partial charge in [0.15, 0.2) is 0 Å². The van der Waals surface area contributed by atoms with E-state index in [0.717, 1.165) is 0 Å². The lowest BCUT2D eigenvalue weighted by atomic mass is 10.1. The molecule has 1 atom stereocenters. The van der Waals surface area contributed by atoms with Crippen LogP contribution in [0.2, 0.25) is 0 Å². The fourth-order valence-electron chi connectivity index (χ4n) is 1.21. The van der Waals surface area contributed by atoms with Crippen LogP contribution in [-0.4, -0.2) is 24.2 Å². The number of nitriles is 1. The quantitative estimate of drug-likeness (QED) is 0.789. The van der Waals surface area contributed by atoms with Crippen LogP contribution in [0.5, 0.6) is 0 Å². The van der Waals surface area contributed by atoms with Gasteiger partial charge in [0.1, 0.15) is 0 Å². The predicted molar refractivity (Wildman–Crippen MR) is 59.7 cm³/mol. The molecule has 1 unspecified atom stereocenters. The Labute approximate surface area is 94.5 Å². The van der Waals surface area contributed by atoms with Gasteiger partial charge in [-0.15, -0.1) is 0 Å². The number of rotatable bonds is 4. The van der Waals surface area contributed by atoms with Crippen molar-refractivity contribution < 1.29 is 9.90 Å². The van der Waals surface area contributed by atoms with E-state index in [2.05, 4.69) is 5.32 Å². The molecule has 0 heterocycles. The van der Waals surface area contributed by atoms with Gasteiger partial charge in [0.2, 0.25) is 0 Å². The Morgan fingerprint density at radius 3 is 2.88 bits per heavy atom. The molecule has 0 radical (unpaired) electrons. The van der Waals surface area contributed by atoms with E-state index >= 15 is 0 Å². The average molecular weight is 218 g/mol. The van der Waals surface area contributed by atoms with Gasteiger partial charge >= 0.3 is 0 Å². The predicted octanol–water partition coefficient (Wildman–Crippen LogP) is 0.916. The fourth-order valence-corrected chi connectivity index (χ4v) is 1.21. The molecule has 1 amide bonds. The zero-order valence-electron chi connectivity index (χ0n) is 9.10. The molecule has 4 heteroatoms. The first-order chi connectivity index (χ1) is 7.69. The normalized spacial score (nSPS) is 11.6. The number of nitrogens with zero attached hydrogens (tertiary/aromatic N) is 1. The summed E-state index contributed by atoms with van der Waals surface area (Å²) < 4.78 is 0. The number of hydrogen-bond donors (Lipinski definition) is 2. The van der Waals surface area contributed by atoms with Crippen molar-refractivity contribution in [1.29, 1.82) is 5.26 Å². The SMILES string of the molecule is CC(CO)CNC(=O)c1ccccc1C#N. The summed E-state index contributed by atoms with van der Waals surface area (Å²) in [5.41, 5.74) is 0.729. The van der Waals surface area contributed by atoms with Crippen molar-refractivity contribution in [2.75, 3.05) is 13.2 Å². The summed E-state index contributed by atoms with van der Waals surface area (Å²) in [6.45, 7) is 2.26. The Morgan fingerprint density at radius 2 is 2.25 bits per heavy atom. The summed E-state index contributed by atoms with van der Waals surface area (Å²) in [7, 11) is 0. The molecule has 0 aliphatic rings. The number of aliphatic hydroxyl groups excluding tert-OH is 1. The molecule has 0 aromatic heterocycles. The van der Waals surface area contributed by atoms with E-state index in [4.69, 9.17) is 10.4 Å². The minimum atomic E-state index is -0.280. The van der Waals surface area contributed by atoms with E-state index in [1.165, 1.54) is 0 Å². The van der Waals surface area contributed by atoms with Crippen LogP contribution in [0.15, 0.2) is 24.3 Å². The monoisotopic (exact) mass is 218 g/mol. The molecule has 0 fully saturated rings. The summed E-state index contributed by atoms with van der Waals surface area (Å²) in [4.78, 5) is 11.7. The zero-order chi connectivity index (χ0) is 12.0. The van der Waals surface area contributed by atoms with Crippen molar-refractivity contribution in [3.63, 3.8) is 0 Å². The smallest absolute Gasteiger partial charge is 0.252 e. The van der Waals surface area contributed by atoms with E-state index in [9.17, 15) is 4.79 Å². The minimum Gasteiger partial charge on any atom is -0.396 e. The highest BCUT2D eigenvalue weighted by molar-refractivity contribution is 5.96. The highest BCUT2D eigenvalue weighted by Crippen LogP contribution is 2.06. The molecule has 1 rings (SSSR count). The minimum absolute atomic E-state index is 0.0122. The highest BCUT2D eigenvalue weighted by atomic mass is 16.3. The number of carbonyl (C=O) groups is 1. The van der Waals surface area contributed by atoms with E-state index in [1.807, 2.05) is 13.0 Å². The maximum Gasteiger partial charge on any atom is 0.252 e. The Kier molecular flexibility index (Phi) is 4.49. The Balaban J connectivity index is 2.70. The third kappa shape index (κ3) is 3.07. The molecule has 2 N–H and O–H groups in total. The number of benzene rings is 1. The molecule has 4 nitrogen and oxygen atoms in total. The average Bonchev–Trinajstić information content (AvgIpc) is 2.35. The first-order valence-electron chi connectivity index (χ1n) is 5.07. The Morgan fingerprint density at radius 1 is 1.56 bits per heavy atom. The lowest BCUT2D eigenvalue weighted by Crippen LogP contribution is -2.30. The second kappa shape index (κ2) is 5.89. The molecule has 0 bridgehead atoms. The van der Waals surface area contributed by atoms with Crippen LogP contribution in [0.25, 0.3) is 0 Å². The second-order valence-electron chi connectivity index (χ2n) is 3.66. The summed E-state index contributed by atoms with van der Waals surface area (Å²) in [6.07, 6.45) is 0. The number of aliphatic hydroxyl groups is 1. The van der Waals surface area contributed by atoms with Crippen LogP contribution in [-0.2, 0) is 0 Å². The van der Waals surface area contributed by atoms with Gasteiger partial charge in [0, 0.05) is 13.2 Å². The zero-order valence-corrected chi connectivity index (χ0v) is 9.10. The van der Waals surface area contributed by atoms with E-state index < -0.39 is 0 Å². The van der Waals surface area contributed by atoms with Gasteiger partial charge in [0.25, 0.3) is 5.91 Å². The van der Waals surface area contributed by atoms with Crippen LogP contribution < -0.4 is 5.32 Å². The van der Waals surface area contributed by atoms with Gasteiger partial charge in [-0.25, -0.2) is 0 Å². The Bertz CT molecular complexity index is 410. The van der Waals surface area contributed by atoms with Crippen LogP contribution in [0.1, 0.15) is 22.8 Å². The maximum atomic E-state index is 11.7. The van der Waals surface area contributed by atoms with Gasteiger partial charge < -0.3 is 10.4 Å². The number of hydrogen-bond acceptors (Lipinski definition) is 3. The van der Waals surface area contributed by atoms with Crippen molar-refractivity contribution in [2.24, 2.45) is 5.92 Å². The molecule has 16 heavy (non-hydrogen) atoms. The topological polar surface area (TPSA) is 73.1 Å². The molecule has 0 aliphatic heterocycles. The fraction of sp³-hybridized carbons (Fsp3) is 0.333. The van der Waals surface area contributed by atoms with Crippen molar-refractivity contribution in [1.82, 2.24) is 5.32 Å². The Hall–Kier alpha value is -1.86. The summed E-state index contributed by atoms with van der Waals surface area (Å²) >= 11 is 0. The highest BCUT2D eigenvalue weighted by Gasteiger charge is 2.10. The lowest BCUT2D eigenvalue weighted by Gasteiger charge is -2.10. The standard InChI is InChI=1S/C12H14N2O2/c1-9(8-15)7-14-12(16)11-5-3-2-4-10(11)6-13/h2-5,9,15H,7-8H2,1H3,(H,14,16). The first kappa shape index (κ1) is 12.2. The molecule has 1 aromatic rings. The molecule has 0 aliphatic carbocycles. The van der Waals surface area contributed by atoms with Gasteiger partial charge in [-0.2, -0.15) is 5.26 Å². The molecule has 0 saturated heterocycles. The van der Waals surface area contributed by atoms with Gasteiger partial charge in [-0.05, 0) is 18.1 Å². The molecule has 0 spiro atoms. The van der Waals surface area contributed by atoms with Crippen LogP contribution in [0.3, 0.4) is 0 Å². The van der Waals surface area contributed by atoms with Crippen molar-refractivity contribution in [3.05, 3.63) is 35.4 Å².